The minimum atomic E-state index is -0.140. The van der Waals surface area contributed by atoms with Gasteiger partial charge in [0.2, 0.25) is 0 Å². The maximum atomic E-state index is 13.2. The Labute approximate surface area is 107 Å². The molecule has 1 nitrogen and oxygen atoms in total. The van der Waals surface area contributed by atoms with Crippen molar-refractivity contribution in [2.75, 3.05) is 5.73 Å². The van der Waals surface area contributed by atoms with E-state index in [1.54, 1.807) is 6.92 Å². The molecule has 94 valence electrons. The van der Waals surface area contributed by atoms with Crippen LogP contribution in [0, 0.1) is 19.7 Å². The third-order valence-electron chi connectivity index (χ3n) is 3.28. The van der Waals surface area contributed by atoms with Gasteiger partial charge in [0.05, 0.1) is 0 Å². The first kappa shape index (κ1) is 12.6. The summed E-state index contributed by atoms with van der Waals surface area (Å²) in [5, 5.41) is 0. The highest BCUT2D eigenvalue weighted by Gasteiger charge is 2.02. The van der Waals surface area contributed by atoms with Crippen molar-refractivity contribution in [3.63, 3.8) is 0 Å². The molecule has 0 amide bonds. The molecule has 2 heteroatoms. The zero-order valence-electron chi connectivity index (χ0n) is 10.8. The lowest BCUT2D eigenvalue weighted by Gasteiger charge is -2.08. The summed E-state index contributed by atoms with van der Waals surface area (Å²) in [6, 6.07) is 11.3. The predicted octanol–water partition coefficient (Wildman–Crippen LogP) is 3.81. The van der Waals surface area contributed by atoms with E-state index in [2.05, 4.69) is 6.92 Å². The maximum Gasteiger partial charge on any atom is 0.126 e. The van der Waals surface area contributed by atoms with Gasteiger partial charge in [-0.1, -0.05) is 18.2 Å². The van der Waals surface area contributed by atoms with Gasteiger partial charge in [-0.2, -0.15) is 0 Å². The van der Waals surface area contributed by atoms with Crippen LogP contribution in [0.1, 0.15) is 22.3 Å². The van der Waals surface area contributed by atoms with Crippen LogP contribution in [0.5, 0.6) is 0 Å². The molecule has 2 aromatic carbocycles. The number of rotatable bonds is 3. The summed E-state index contributed by atoms with van der Waals surface area (Å²) in [6.45, 7) is 3.88. The fraction of sp³-hybridized carbons (Fsp3) is 0.250. The Hall–Kier alpha value is -1.83. The SMILES string of the molecule is Cc1cc(CCc2cc(N)ccc2C)ccc1F. The molecule has 0 aromatic heterocycles. The van der Waals surface area contributed by atoms with Crippen molar-refractivity contribution in [2.45, 2.75) is 26.7 Å². The van der Waals surface area contributed by atoms with E-state index >= 15 is 0 Å². The molecule has 18 heavy (non-hydrogen) atoms. The second-order valence-electron chi connectivity index (χ2n) is 4.77. The Morgan fingerprint density at radius 1 is 0.944 bits per heavy atom. The molecule has 0 aliphatic rings. The van der Waals surface area contributed by atoms with Crippen molar-refractivity contribution < 1.29 is 4.39 Å². The smallest absolute Gasteiger partial charge is 0.126 e. The molecule has 0 spiro atoms. The number of benzene rings is 2. The van der Waals surface area contributed by atoms with Gasteiger partial charge in [-0.3, -0.25) is 0 Å². The summed E-state index contributed by atoms with van der Waals surface area (Å²) in [7, 11) is 0. The molecule has 0 fully saturated rings. The molecule has 0 heterocycles. The first-order chi connectivity index (χ1) is 8.56. The lowest BCUT2D eigenvalue weighted by atomic mass is 9.99. The zero-order valence-corrected chi connectivity index (χ0v) is 10.8. The first-order valence-electron chi connectivity index (χ1n) is 6.16. The molecular formula is C16H18FN. The van der Waals surface area contributed by atoms with E-state index in [-0.39, 0.29) is 5.82 Å². The highest BCUT2D eigenvalue weighted by Crippen LogP contribution is 2.16. The van der Waals surface area contributed by atoms with E-state index in [0.717, 1.165) is 24.1 Å². The monoisotopic (exact) mass is 243 g/mol. The van der Waals surface area contributed by atoms with Crippen molar-refractivity contribution in [3.05, 3.63) is 64.5 Å². The molecule has 2 N–H and O–H groups in total. The molecule has 0 saturated heterocycles. The highest BCUT2D eigenvalue weighted by molar-refractivity contribution is 5.44. The lowest BCUT2D eigenvalue weighted by Crippen LogP contribution is -1.97. The number of aryl methyl sites for hydroxylation is 4. The second-order valence-corrected chi connectivity index (χ2v) is 4.77. The van der Waals surface area contributed by atoms with Gasteiger partial charge in [-0.15, -0.1) is 0 Å². The standard InChI is InChI=1S/C16H18FN/c1-11-3-7-15(18)10-14(11)6-4-13-5-8-16(17)12(2)9-13/h3,5,7-10H,4,6,18H2,1-2H3. The summed E-state index contributed by atoms with van der Waals surface area (Å²) in [5.41, 5.74) is 11.0. The molecule has 0 aliphatic carbocycles. The van der Waals surface area contributed by atoms with Gasteiger partial charge in [0.1, 0.15) is 5.82 Å². The van der Waals surface area contributed by atoms with Crippen molar-refractivity contribution in [1.82, 2.24) is 0 Å². The van der Waals surface area contributed by atoms with Gasteiger partial charge < -0.3 is 5.73 Å². The Bertz CT molecular complexity index is 561. The largest absolute Gasteiger partial charge is 0.399 e. The number of nitrogen functional groups attached to an aromatic ring is 1. The number of hydrogen-bond acceptors (Lipinski definition) is 1. The number of nitrogens with two attached hydrogens (primary N) is 1. The summed E-state index contributed by atoms with van der Waals surface area (Å²) < 4.78 is 13.2. The number of halogens is 1. The van der Waals surface area contributed by atoms with Crippen LogP contribution in [0.15, 0.2) is 36.4 Å². The van der Waals surface area contributed by atoms with Crippen LogP contribution < -0.4 is 5.73 Å². The molecule has 0 aliphatic heterocycles. The van der Waals surface area contributed by atoms with E-state index in [1.165, 1.54) is 17.2 Å². The van der Waals surface area contributed by atoms with Crippen LogP contribution in [0.25, 0.3) is 0 Å². The Kier molecular flexibility index (Phi) is 3.66. The van der Waals surface area contributed by atoms with Crippen molar-refractivity contribution in [3.8, 4) is 0 Å². The van der Waals surface area contributed by atoms with Crippen LogP contribution >= 0.6 is 0 Å². The quantitative estimate of drug-likeness (QED) is 0.815. The molecule has 0 atom stereocenters. The van der Waals surface area contributed by atoms with E-state index in [1.807, 2.05) is 30.3 Å². The van der Waals surface area contributed by atoms with Gasteiger partial charge in [-0.25, -0.2) is 4.39 Å². The summed E-state index contributed by atoms with van der Waals surface area (Å²) in [4.78, 5) is 0. The Balaban J connectivity index is 2.11. The molecule has 0 saturated carbocycles. The van der Waals surface area contributed by atoms with Crippen molar-refractivity contribution >= 4 is 5.69 Å². The summed E-state index contributed by atoms with van der Waals surface area (Å²) in [5.74, 6) is -0.140. The normalized spacial score (nSPS) is 10.6. The molecule has 2 rings (SSSR count). The fourth-order valence-electron chi connectivity index (χ4n) is 2.10. The zero-order chi connectivity index (χ0) is 13.1. The van der Waals surface area contributed by atoms with Gasteiger partial charge in [0, 0.05) is 5.69 Å². The average molecular weight is 243 g/mol. The summed E-state index contributed by atoms with van der Waals surface area (Å²) >= 11 is 0. The van der Waals surface area contributed by atoms with Crippen molar-refractivity contribution in [2.24, 2.45) is 0 Å². The second kappa shape index (κ2) is 5.21. The van der Waals surface area contributed by atoms with Crippen LogP contribution in [0.3, 0.4) is 0 Å². The van der Waals surface area contributed by atoms with Crippen molar-refractivity contribution in [1.29, 1.82) is 0 Å². The van der Waals surface area contributed by atoms with E-state index in [9.17, 15) is 4.39 Å². The third kappa shape index (κ3) is 2.89. The number of anilines is 1. The van der Waals surface area contributed by atoms with E-state index in [0.29, 0.717) is 5.56 Å². The van der Waals surface area contributed by atoms with Gasteiger partial charge in [0.25, 0.3) is 0 Å². The third-order valence-corrected chi connectivity index (χ3v) is 3.28. The molecular weight excluding hydrogens is 225 g/mol. The van der Waals surface area contributed by atoms with E-state index < -0.39 is 0 Å². The van der Waals surface area contributed by atoms with Gasteiger partial charge >= 0.3 is 0 Å². The number of hydrogen-bond donors (Lipinski definition) is 1. The van der Waals surface area contributed by atoms with Gasteiger partial charge in [-0.05, 0) is 67.1 Å². The molecule has 0 radical (unpaired) electrons. The van der Waals surface area contributed by atoms with Crippen LogP contribution in [-0.2, 0) is 12.8 Å². The maximum absolute atomic E-state index is 13.2. The fourth-order valence-corrected chi connectivity index (χ4v) is 2.10. The van der Waals surface area contributed by atoms with Gasteiger partial charge in [0.15, 0.2) is 0 Å². The molecule has 0 unspecified atom stereocenters. The topological polar surface area (TPSA) is 26.0 Å². The Morgan fingerprint density at radius 2 is 1.72 bits per heavy atom. The molecule has 2 aromatic rings. The van der Waals surface area contributed by atoms with Crippen LogP contribution in [0.2, 0.25) is 0 Å². The minimum absolute atomic E-state index is 0.140. The predicted molar refractivity (Wildman–Crippen MR) is 74.1 cm³/mol. The first-order valence-corrected chi connectivity index (χ1v) is 6.16. The van der Waals surface area contributed by atoms with Crippen LogP contribution in [0.4, 0.5) is 10.1 Å². The lowest BCUT2D eigenvalue weighted by molar-refractivity contribution is 0.617. The van der Waals surface area contributed by atoms with E-state index in [4.69, 9.17) is 5.73 Å². The highest BCUT2D eigenvalue weighted by atomic mass is 19.1. The minimum Gasteiger partial charge on any atom is -0.399 e. The van der Waals surface area contributed by atoms with Crippen LogP contribution in [-0.4, -0.2) is 0 Å². The molecule has 0 bridgehead atoms. The summed E-state index contributed by atoms with van der Waals surface area (Å²) in [6.07, 6.45) is 1.84. The average Bonchev–Trinajstić information content (AvgIpc) is 2.34. The Morgan fingerprint density at radius 3 is 2.44 bits per heavy atom.